The summed E-state index contributed by atoms with van der Waals surface area (Å²) in [6, 6.07) is 0. The van der Waals surface area contributed by atoms with Gasteiger partial charge >= 0.3 is 0 Å². The maximum Gasteiger partial charge on any atom is 0.0304 e. The van der Waals surface area contributed by atoms with Crippen LogP contribution in [-0.2, 0) is 0 Å². The van der Waals surface area contributed by atoms with Gasteiger partial charge in [-0.3, -0.25) is 0 Å². The average Bonchev–Trinajstić information content (AvgIpc) is 2.69. The summed E-state index contributed by atoms with van der Waals surface area (Å²) in [5.74, 6) is 1.91. The lowest BCUT2D eigenvalue weighted by atomic mass is 9.97. The summed E-state index contributed by atoms with van der Waals surface area (Å²) in [7, 11) is 0. The second-order valence-electron chi connectivity index (χ2n) is 5.05. The number of nitrogens with one attached hydrogen (secondary N) is 1. The van der Waals surface area contributed by atoms with Crippen LogP contribution in [0.15, 0.2) is 0 Å². The van der Waals surface area contributed by atoms with Gasteiger partial charge in [0.1, 0.15) is 0 Å². The van der Waals surface area contributed by atoms with Gasteiger partial charge in [0.05, 0.1) is 0 Å². The third-order valence-corrected chi connectivity index (χ3v) is 3.97. The molecule has 0 heterocycles. The molecule has 0 spiro atoms. The summed E-state index contributed by atoms with van der Waals surface area (Å²) in [4.78, 5) is 0. The molecule has 0 aromatic rings. The number of nitrogens with two attached hydrogens (primary N) is 1. The Kier molecular flexibility index (Phi) is 2.61. The van der Waals surface area contributed by atoms with E-state index in [4.69, 9.17) is 5.73 Å². The smallest absolute Gasteiger partial charge is 0.0304 e. The van der Waals surface area contributed by atoms with Crippen molar-refractivity contribution in [3.05, 3.63) is 0 Å². The highest BCUT2D eigenvalue weighted by Crippen LogP contribution is 2.38. The van der Waals surface area contributed by atoms with Crippen molar-refractivity contribution in [2.24, 2.45) is 17.6 Å². The summed E-state index contributed by atoms with van der Waals surface area (Å²) in [5.41, 5.74) is 6.17. The predicted molar refractivity (Wildman–Crippen MR) is 55.5 cm³/mol. The highest BCUT2D eigenvalue weighted by atomic mass is 15.0. The Hall–Kier alpha value is -0.0800. The molecule has 2 unspecified atom stereocenters. The van der Waals surface area contributed by atoms with Crippen LogP contribution in [0.3, 0.4) is 0 Å². The van der Waals surface area contributed by atoms with Gasteiger partial charge in [-0.25, -0.2) is 0 Å². The molecule has 2 rings (SSSR count). The lowest BCUT2D eigenvalue weighted by Crippen LogP contribution is -2.49. The summed E-state index contributed by atoms with van der Waals surface area (Å²) in [5, 5.41) is 3.71. The molecule has 2 aliphatic rings. The molecule has 2 heteroatoms. The third kappa shape index (κ3) is 2.05. The van der Waals surface area contributed by atoms with E-state index in [2.05, 4.69) is 12.2 Å². The largest absolute Gasteiger partial charge is 0.329 e. The fraction of sp³-hybridized carbons (Fsp3) is 1.00. The molecule has 13 heavy (non-hydrogen) atoms. The Morgan fingerprint density at radius 2 is 2.00 bits per heavy atom. The summed E-state index contributed by atoms with van der Waals surface area (Å²) in [6.07, 6.45) is 6.75. The molecule has 3 N–H and O–H groups in total. The lowest BCUT2D eigenvalue weighted by Gasteiger charge is -2.29. The van der Waals surface area contributed by atoms with E-state index in [-0.39, 0.29) is 0 Å². The van der Waals surface area contributed by atoms with Crippen molar-refractivity contribution in [3.8, 4) is 0 Å². The average molecular weight is 182 g/mol. The van der Waals surface area contributed by atoms with Crippen LogP contribution in [0.1, 0.15) is 39.0 Å². The molecule has 0 aromatic carbocycles. The van der Waals surface area contributed by atoms with Crippen molar-refractivity contribution in [3.63, 3.8) is 0 Å². The van der Waals surface area contributed by atoms with E-state index in [9.17, 15) is 0 Å². The van der Waals surface area contributed by atoms with E-state index in [1.807, 2.05) is 0 Å². The molecule has 76 valence electrons. The van der Waals surface area contributed by atoms with Crippen molar-refractivity contribution in [1.29, 1.82) is 0 Å². The summed E-state index contributed by atoms with van der Waals surface area (Å²) in [6.45, 7) is 4.38. The molecular formula is C11H22N2. The Labute approximate surface area is 81.3 Å². The van der Waals surface area contributed by atoms with Crippen LogP contribution < -0.4 is 11.1 Å². The van der Waals surface area contributed by atoms with Crippen LogP contribution in [0.25, 0.3) is 0 Å². The second-order valence-corrected chi connectivity index (χ2v) is 5.05. The quantitative estimate of drug-likeness (QED) is 0.691. The van der Waals surface area contributed by atoms with Crippen LogP contribution in [0.5, 0.6) is 0 Å². The van der Waals surface area contributed by atoms with E-state index in [0.717, 1.165) is 18.4 Å². The van der Waals surface area contributed by atoms with Crippen LogP contribution in [0.4, 0.5) is 0 Å². The van der Waals surface area contributed by atoms with Crippen molar-refractivity contribution in [2.75, 3.05) is 13.1 Å². The predicted octanol–water partition coefficient (Wildman–Crippen LogP) is 1.50. The first-order valence-corrected chi connectivity index (χ1v) is 5.71. The molecule has 2 aliphatic carbocycles. The maximum atomic E-state index is 5.85. The first-order valence-electron chi connectivity index (χ1n) is 5.71. The zero-order valence-corrected chi connectivity index (χ0v) is 8.68. The van der Waals surface area contributed by atoms with Crippen molar-refractivity contribution < 1.29 is 0 Å². The van der Waals surface area contributed by atoms with E-state index < -0.39 is 0 Å². The molecule has 0 saturated heterocycles. The molecule has 2 fully saturated rings. The first-order chi connectivity index (χ1) is 6.26. The van der Waals surface area contributed by atoms with Crippen LogP contribution in [0, 0.1) is 11.8 Å². The zero-order valence-electron chi connectivity index (χ0n) is 8.68. The molecule has 0 bridgehead atoms. The fourth-order valence-electron chi connectivity index (χ4n) is 2.54. The van der Waals surface area contributed by atoms with Gasteiger partial charge in [-0.1, -0.05) is 19.8 Å². The number of hydrogen-bond acceptors (Lipinski definition) is 2. The lowest BCUT2D eigenvalue weighted by molar-refractivity contribution is 0.333. The van der Waals surface area contributed by atoms with Gasteiger partial charge in [0.2, 0.25) is 0 Å². The molecule has 2 atom stereocenters. The van der Waals surface area contributed by atoms with Gasteiger partial charge in [0.25, 0.3) is 0 Å². The van der Waals surface area contributed by atoms with Crippen LogP contribution in [-0.4, -0.2) is 18.6 Å². The van der Waals surface area contributed by atoms with Gasteiger partial charge in [-0.15, -0.1) is 0 Å². The normalized spacial score (nSPS) is 36.5. The molecule has 0 amide bonds. The first kappa shape index (κ1) is 9.47. The second kappa shape index (κ2) is 3.58. The molecular weight excluding hydrogens is 160 g/mol. The number of hydrogen-bond donors (Lipinski definition) is 2. The van der Waals surface area contributed by atoms with Gasteiger partial charge in [0.15, 0.2) is 0 Å². The molecule has 0 radical (unpaired) electrons. The maximum absolute atomic E-state index is 5.85. The molecule has 2 nitrogen and oxygen atoms in total. The van der Waals surface area contributed by atoms with Gasteiger partial charge < -0.3 is 11.1 Å². The Morgan fingerprint density at radius 1 is 1.38 bits per heavy atom. The Balaban J connectivity index is 1.77. The topological polar surface area (TPSA) is 38.0 Å². The van der Waals surface area contributed by atoms with Gasteiger partial charge in [-0.05, 0) is 37.6 Å². The van der Waals surface area contributed by atoms with Gasteiger partial charge in [0, 0.05) is 12.1 Å². The summed E-state index contributed by atoms with van der Waals surface area (Å²) < 4.78 is 0. The Morgan fingerprint density at radius 3 is 2.46 bits per heavy atom. The highest BCUT2D eigenvalue weighted by Gasteiger charge is 2.37. The SMILES string of the molecule is CC1CC1CNC1(CN)CCCC1. The van der Waals surface area contributed by atoms with E-state index in [0.29, 0.717) is 5.54 Å². The summed E-state index contributed by atoms with van der Waals surface area (Å²) >= 11 is 0. The van der Waals surface area contributed by atoms with E-state index >= 15 is 0 Å². The van der Waals surface area contributed by atoms with Crippen molar-refractivity contribution >= 4 is 0 Å². The van der Waals surface area contributed by atoms with E-state index in [1.165, 1.54) is 38.6 Å². The van der Waals surface area contributed by atoms with Crippen LogP contribution in [0.2, 0.25) is 0 Å². The highest BCUT2D eigenvalue weighted by molar-refractivity contribution is 4.96. The molecule has 0 aliphatic heterocycles. The van der Waals surface area contributed by atoms with Gasteiger partial charge in [-0.2, -0.15) is 0 Å². The zero-order chi connectivity index (χ0) is 9.31. The van der Waals surface area contributed by atoms with Crippen molar-refractivity contribution in [1.82, 2.24) is 5.32 Å². The minimum Gasteiger partial charge on any atom is -0.329 e. The Bertz CT molecular complexity index is 173. The molecule has 0 aromatic heterocycles. The fourth-order valence-corrected chi connectivity index (χ4v) is 2.54. The standard InChI is InChI=1S/C11H22N2/c1-9-6-10(9)7-13-11(8-12)4-2-3-5-11/h9-10,13H,2-8,12H2,1H3. The van der Waals surface area contributed by atoms with E-state index in [1.54, 1.807) is 0 Å². The minimum atomic E-state index is 0.322. The minimum absolute atomic E-state index is 0.322. The monoisotopic (exact) mass is 182 g/mol. The number of rotatable bonds is 4. The van der Waals surface area contributed by atoms with Crippen LogP contribution >= 0.6 is 0 Å². The van der Waals surface area contributed by atoms with Crippen molar-refractivity contribution in [2.45, 2.75) is 44.6 Å². The third-order valence-electron chi connectivity index (χ3n) is 3.97. The molecule has 2 saturated carbocycles.